The van der Waals surface area contributed by atoms with E-state index in [1.807, 2.05) is 6.92 Å². The number of nitrogens with zero attached hydrogens (tertiary/aromatic N) is 1. The van der Waals surface area contributed by atoms with Crippen molar-refractivity contribution in [2.45, 2.75) is 25.9 Å². The summed E-state index contributed by atoms with van der Waals surface area (Å²) in [6, 6.07) is 3.74. The van der Waals surface area contributed by atoms with E-state index in [4.69, 9.17) is 9.79 Å². The van der Waals surface area contributed by atoms with Gasteiger partial charge in [-0.25, -0.2) is 0 Å². The Labute approximate surface area is 135 Å². The highest BCUT2D eigenvalue weighted by molar-refractivity contribution is 9.10. The third-order valence-electron chi connectivity index (χ3n) is 3.22. The zero-order valence-corrected chi connectivity index (χ0v) is 14.6. The van der Waals surface area contributed by atoms with Crippen molar-refractivity contribution in [3.05, 3.63) is 33.8 Å². The molecule has 5 nitrogen and oxygen atoms in total. The van der Waals surface area contributed by atoms with Crippen LogP contribution >= 0.6 is 23.5 Å². The van der Waals surface area contributed by atoms with Crippen LogP contribution in [-0.4, -0.2) is 33.7 Å². The van der Waals surface area contributed by atoms with Gasteiger partial charge in [-0.05, 0) is 25.0 Å². The number of carbonyl (C=O) groups is 1. The van der Waals surface area contributed by atoms with Crippen LogP contribution in [0.2, 0.25) is 0 Å². The molecule has 0 aromatic heterocycles. The van der Waals surface area contributed by atoms with Crippen LogP contribution in [0.15, 0.2) is 22.7 Å². The van der Waals surface area contributed by atoms with Gasteiger partial charge in [-0.1, -0.05) is 28.1 Å². The summed E-state index contributed by atoms with van der Waals surface area (Å²) in [7, 11) is -5.60. The second-order valence-corrected chi connectivity index (χ2v) is 7.25. The molecule has 1 rings (SSSR count). The normalized spacial score (nSPS) is 12.3. The standard InChI is InChI=1S/C13H17BrF2NO4P/c1-3-17(9(2)18)7-6-10-4-5-11(12(14)8-10)13(15,16)22(19,20)21/h4-5,8H,3,6-7H2,1-2H3,(H2,19,20,21). The van der Waals surface area contributed by atoms with Crippen molar-refractivity contribution in [1.29, 1.82) is 0 Å². The predicted octanol–water partition coefficient (Wildman–Crippen LogP) is 3.09. The minimum Gasteiger partial charge on any atom is -0.343 e. The molecule has 1 aromatic rings. The SMILES string of the molecule is CCN(CCc1ccc(C(F)(F)P(=O)(O)O)c(Br)c1)C(C)=O. The van der Waals surface area contributed by atoms with E-state index in [2.05, 4.69) is 15.9 Å². The van der Waals surface area contributed by atoms with E-state index in [0.29, 0.717) is 25.1 Å². The molecule has 0 saturated heterocycles. The Hall–Kier alpha value is -0.820. The van der Waals surface area contributed by atoms with Gasteiger partial charge in [0.2, 0.25) is 5.91 Å². The van der Waals surface area contributed by atoms with Gasteiger partial charge in [0.25, 0.3) is 0 Å². The number of carbonyl (C=O) groups excluding carboxylic acids is 1. The molecule has 0 saturated carbocycles. The quantitative estimate of drug-likeness (QED) is 0.720. The van der Waals surface area contributed by atoms with Crippen molar-refractivity contribution in [2.24, 2.45) is 0 Å². The smallest absolute Gasteiger partial charge is 0.343 e. The average molecular weight is 400 g/mol. The van der Waals surface area contributed by atoms with Gasteiger partial charge in [-0.3, -0.25) is 9.36 Å². The first-order valence-corrected chi connectivity index (χ1v) is 8.89. The van der Waals surface area contributed by atoms with Crippen molar-refractivity contribution >= 4 is 29.4 Å². The van der Waals surface area contributed by atoms with Crippen LogP contribution < -0.4 is 0 Å². The Kier molecular flexibility index (Phi) is 6.27. The van der Waals surface area contributed by atoms with E-state index in [1.165, 1.54) is 19.1 Å². The molecular weight excluding hydrogens is 383 g/mol. The third kappa shape index (κ3) is 4.35. The maximum Gasteiger partial charge on any atom is 0.399 e. The monoisotopic (exact) mass is 399 g/mol. The summed E-state index contributed by atoms with van der Waals surface area (Å²) in [6.45, 7) is 4.27. The maximum atomic E-state index is 13.7. The van der Waals surface area contributed by atoms with Gasteiger partial charge in [0.15, 0.2) is 0 Å². The molecule has 0 fully saturated rings. The molecule has 0 bridgehead atoms. The van der Waals surface area contributed by atoms with Crippen molar-refractivity contribution in [3.8, 4) is 0 Å². The van der Waals surface area contributed by atoms with Gasteiger partial charge in [0.1, 0.15) is 0 Å². The van der Waals surface area contributed by atoms with Crippen molar-refractivity contribution < 1.29 is 27.9 Å². The summed E-state index contributed by atoms with van der Waals surface area (Å²) in [5.41, 5.74) is -4.33. The Balaban J connectivity index is 2.96. The van der Waals surface area contributed by atoms with Crippen LogP contribution in [0.1, 0.15) is 25.0 Å². The van der Waals surface area contributed by atoms with Gasteiger partial charge in [0.05, 0.1) is 0 Å². The molecule has 9 heteroatoms. The molecule has 2 N–H and O–H groups in total. The van der Waals surface area contributed by atoms with Crippen LogP contribution in [0.25, 0.3) is 0 Å². The molecule has 0 atom stereocenters. The van der Waals surface area contributed by atoms with E-state index in [1.54, 1.807) is 4.90 Å². The van der Waals surface area contributed by atoms with Crippen molar-refractivity contribution in [3.63, 3.8) is 0 Å². The van der Waals surface area contributed by atoms with Gasteiger partial charge in [0, 0.05) is 30.0 Å². The number of rotatable bonds is 6. The zero-order chi connectivity index (χ0) is 17.1. The van der Waals surface area contributed by atoms with E-state index in [9.17, 15) is 18.1 Å². The molecule has 0 unspecified atom stereocenters. The van der Waals surface area contributed by atoms with Crippen LogP contribution in [0.4, 0.5) is 8.78 Å². The molecule has 0 aliphatic heterocycles. The van der Waals surface area contributed by atoms with Crippen molar-refractivity contribution in [2.75, 3.05) is 13.1 Å². The highest BCUT2D eigenvalue weighted by atomic mass is 79.9. The fourth-order valence-corrected chi connectivity index (χ4v) is 3.25. The maximum absolute atomic E-state index is 13.7. The molecule has 0 spiro atoms. The highest BCUT2D eigenvalue weighted by Crippen LogP contribution is 2.60. The number of hydrogen-bond acceptors (Lipinski definition) is 2. The molecule has 0 heterocycles. The van der Waals surface area contributed by atoms with E-state index in [0.717, 1.165) is 6.07 Å². The Morgan fingerprint density at radius 3 is 2.41 bits per heavy atom. The number of halogens is 3. The van der Waals surface area contributed by atoms with Gasteiger partial charge >= 0.3 is 13.3 Å². The minimum absolute atomic E-state index is 0.0776. The fraction of sp³-hybridized carbons (Fsp3) is 0.462. The molecule has 22 heavy (non-hydrogen) atoms. The molecule has 0 aliphatic carbocycles. The summed E-state index contributed by atoms with van der Waals surface area (Å²) in [6.07, 6.45) is 0.452. The largest absolute Gasteiger partial charge is 0.399 e. The Morgan fingerprint density at radius 1 is 1.41 bits per heavy atom. The van der Waals surface area contributed by atoms with Crippen LogP contribution in [0.3, 0.4) is 0 Å². The van der Waals surface area contributed by atoms with Crippen LogP contribution in [0.5, 0.6) is 0 Å². The fourth-order valence-electron chi connectivity index (χ4n) is 1.92. The molecule has 1 aromatic carbocycles. The second-order valence-electron chi connectivity index (χ2n) is 4.75. The van der Waals surface area contributed by atoms with E-state index >= 15 is 0 Å². The number of amides is 1. The summed E-state index contributed by atoms with van der Waals surface area (Å²) in [4.78, 5) is 30.4. The van der Waals surface area contributed by atoms with Gasteiger partial charge in [-0.2, -0.15) is 8.78 Å². The second kappa shape index (κ2) is 7.17. The van der Waals surface area contributed by atoms with E-state index in [-0.39, 0.29) is 10.4 Å². The number of benzene rings is 1. The first kappa shape index (κ1) is 19.2. The number of hydrogen-bond donors (Lipinski definition) is 2. The van der Waals surface area contributed by atoms with Crippen LogP contribution in [-0.2, 0) is 21.4 Å². The Morgan fingerprint density at radius 2 is 2.00 bits per heavy atom. The lowest BCUT2D eigenvalue weighted by atomic mass is 10.1. The lowest BCUT2D eigenvalue weighted by molar-refractivity contribution is -0.128. The predicted molar refractivity (Wildman–Crippen MR) is 81.7 cm³/mol. The van der Waals surface area contributed by atoms with Crippen LogP contribution in [0, 0.1) is 0 Å². The summed E-state index contributed by atoms with van der Waals surface area (Å²) >= 11 is 2.92. The average Bonchev–Trinajstić information content (AvgIpc) is 2.37. The number of likely N-dealkylation sites (N-methyl/N-ethyl adjacent to an activating group) is 1. The van der Waals surface area contributed by atoms with Crippen molar-refractivity contribution in [1.82, 2.24) is 4.90 Å². The van der Waals surface area contributed by atoms with Gasteiger partial charge < -0.3 is 14.7 Å². The summed E-state index contributed by atoms with van der Waals surface area (Å²) in [5, 5.41) is 0. The lowest BCUT2D eigenvalue weighted by Gasteiger charge is -2.21. The van der Waals surface area contributed by atoms with Gasteiger partial charge in [-0.15, -0.1) is 0 Å². The lowest BCUT2D eigenvalue weighted by Crippen LogP contribution is -2.30. The summed E-state index contributed by atoms with van der Waals surface area (Å²) < 4.78 is 38.2. The highest BCUT2D eigenvalue weighted by Gasteiger charge is 2.51. The minimum atomic E-state index is -5.60. The third-order valence-corrected chi connectivity index (χ3v) is 4.85. The molecule has 124 valence electrons. The summed E-state index contributed by atoms with van der Waals surface area (Å²) in [5.74, 6) is -0.0776. The molecular formula is C13H17BrF2NO4P. The first-order chi connectivity index (χ1) is 10.0. The van der Waals surface area contributed by atoms with E-state index < -0.39 is 18.8 Å². The molecule has 0 aliphatic rings. The molecule has 0 radical (unpaired) electrons. The first-order valence-electron chi connectivity index (χ1n) is 6.48. The topological polar surface area (TPSA) is 77.8 Å². The molecule has 1 amide bonds. The zero-order valence-electron chi connectivity index (χ0n) is 12.1. The Bertz CT molecular complexity index is 606. The number of alkyl halides is 2.